The van der Waals surface area contributed by atoms with Crippen molar-refractivity contribution in [2.45, 2.75) is 12.8 Å². The van der Waals surface area contributed by atoms with Crippen molar-refractivity contribution in [3.63, 3.8) is 0 Å². The van der Waals surface area contributed by atoms with Crippen LogP contribution in [0.1, 0.15) is 23.2 Å². The first-order valence-corrected chi connectivity index (χ1v) is 7.74. The van der Waals surface area contributed by atoms with Crippen molar-refractivity contribution in [1.29, 1.82) is 0 Å². The number of aliphatic hydroxyl groups is 1. The van der Waals surface area contributed by atoms with Gasteiger partial charge in [-0.1, -0.05) is 30.3 Å². The molecule has 6 heteroatoms. The van der Waals surface area contributed by atoms with Crippen molar-refractivity contribution >= 4 is 5.91 Å². The Morgan fingerprint density at radius 3 is 2.83 bits per heavy atom. The summed E-state index contributed by atoms with van der Waals surface area (Å²) in [6, 6.07) is 9.29. The number of benzene rings is 1. The molecule has 2 aromatic rings. The van der Waals surface area contributed by atoms with E-state index >= 15 is 0 Å². The molecule has 2 heterocycles. The van der Waals surface area contributed by atoms with E-state index in [1.807, 2.05) is 30.3 Å². The van der Waals surface area contributed by atoms with Crippen LogP contribution in [0, 0.1) is 5.92 Å². The van der Waals surface area contributed by atoms with Gasteiger partial charge in [-0.25, -0.2) is 4.98 Å². The minimum Gasteiger partial charge on any atom is -0.396 e. The lowest BCUT2D eigenvalue weighted by atomic mass is 9.98. The molecule has 1 unspecified atom stereocenters. The highest BCUT2D eigenvalue weighted by Gasteiger charge is 2.25. The zero-order valence-electron chi connectivity index (χ0n) is 12.7. The number of H-pyrrole nitrogens is 1. The largest absolute Gasteiger partial charge is 0.396 e. The average molecular weight is 313 g/mol. The molecule has 1 saturated heterocycles. The number of aromatic nitrogens is 2. The van der Waals surface area contributed by atoms with Crippen LogP contribution in [-0.2, 0) is 0 Å². The molecular weight excluding hydrogens is 294 g/mol. The van der Waals surface area contributed by atoms with E-state index in [0.717, 1.165) is 18.4 Å². The van der Waals surface area contributed by atoms with Gasteiger partial charge in [0.1, 0.15) is 11.4 Å². The quantitative estimate of drug-likeness (QED) is 0.894. The summed E-state index contributed by atoms with van der Waals surface area (Å²) >= 11 is 0. The van der Waals surface area contributed by atoms with E-state index in [9.17, 15) is 14.7 Å². The smallest absolute Gasteiger partial charge is 0.264 e. The van der Waals surface area contributed by atoms with Crippen LogP contribution in [0.2, 0.25) is 0 Å². The lowest BCUT2D eigenvalue weighted by molar-refractivity contribution is 0.0618. The van der Waals surface area contributed by atoms with Gasteiger partial charge in [0, 0.05) is 31.5 Å². The van der Waals surface area contributed by atoms with E-state index in [-0.39, 0.29) is 24.0 Å². The van der Waals surface area contributed by atoms with Gasteiger partial charge in [-0.15, -0.1) is 0 Å². The van der Waals surface area contributed by atoms with Gasteiger partial charge >= 0.3 is 0 Å². The highest BCUT2D eigenvalue weighted by molar-refractivity contribution is 5.93. The molecule has 1 atom stereocenters. The Labute approximate surface area is 133 Å². The number of aromatic amines is 1. The maximum Gasteiger partial charge on any atom is 0.264 e. The molecule has 0 radical (unpaired) electrons. The Hall–Kier alpha value is -2.47. The zero-order chi connectivity index (χ0) is 16.2. The number of nitrogens with zero attached hydrogens (tertiary/aromatic N) is 2. The molecule has 120 valence electrons. The maximum atomic E-state index is 12.5. The van der Waals surface area contributed by atoms with Crippen molar-refractivity contribution < 1.29 is 9.90 Å². The molecule has 0 bridgehead atoms. The van der Waals surface area contributed by atoms with Crippen LogP contribution in [0.15, 0.2) is 41.3 Å². The number of hydrogen-bond donors (Lipinski definition) is 2. The Morgan fingerprint density at radius 2 is 2.13 bits per heavy atom. The predicted molar refractivity (Wildman–Crippen MR) is 86.0 cm³/mol. The number of rotatable bonds is 3. The summed E-state index contributed by atoms with van der Waals surface area (Å²) in [4.78, 5) is 33.3. The fourth-order valence-corrected chi connectivity index (χ4v) is 2.86. The second kappa shape index (κ2) is 6.75. The Bertz CT molecular complexity index is 742. The predicted octanol–water partition coefficient (Wildman–Crippen LogP) is 1.28. The van der Waals surface area contributed by atoms with Crippen LogP contribution < -0.4 is 5.56 Å². The van der Waals surface area contributed by atoms with Gasteiger partial charge in [0.2, 0.25) is 0 Å². The summed E-state index contributed by atoms with van der Waals surface area (Å²) in [5, 5.41) is 9.26. The van der Waals surface area contributed by atoms with Crippen molar-refractivity contribution in [3.05, 3.63) is 52.4 Å². The van der Waals surface area contributed by atoms with Gasteiger partial charge in [0.15, 0.2) is 0 Å². The SMILES string of the molecule is O=C(c1cnc(-c2ccccc2)[nH]c1=O)N1CCCC(CO)C1. The Kier molecular flexibility index (Phi) is 4.52. The second-order valence-corrected chi connectivity index (χ2v) is 5.78. The normalized spacial score (nSPS) is 18.0. The summed E-state index contributed by atoms with van der Waals surface area (Å²) < 4.78 is 0. The van der Waals surface area contributed by atoms with E-state index in [1.165, 1.54) is 6.20 Å². The minimum absolute atomic E-state index is 0.0447. The van der Waals surface area contributed by atoms with E-state index in [1.54, 1.807) is 4.90 Å². The molecule has 1 amide bonds. The highest BCUT2D eigenvalue weighted by Crippen LogP contribution is 2.17. The number of likely N-dealkylation sites (tertiary alicyclic amines) is 1. The number of carbonyl (C=O) groups is 1. The van der Waals surface area contributed by atoms with Crippen molar-refractivity contribution in [1.82, 2.24) is 14.9 Å². The van der Waals surface area contributed by atoms with Crippen molar-refractivity contribution in [3.8, 4) is 11.4 Å². The number of piperidine rings is 1. The van der Waals surface area contributed by atoms with E-state index in [0.29, 0.717) is 18.9 Å². The molecule has 0 aliphatic carbocycles. The first kappa shape index (κ1) is 15.4. The van der Waals surface area contributed by atoms with E-state index < -0.39 is 5.56 Å². The molecule has 6 nitrogen and oxygen atoms in total. The molecule has 0 spiro atoms. The molecular formula is C17H19N3O3. The summed E-state index contributed by atoms with van der Waals surface area (Å²) in [5.74, 6) is 0.207. The van der Waals surface area contributed by atoms with Crippen LogP contribution >= 0.6 is 0 Å². The molecule has 1 aliphatic rings. The number of aliphatic hydroxyl groups excluding tert-OH is 1. The summed E-state index contributed by atoms with van der Waals surface area (Å²) in [7, 11) is 0. The van der Waals surface area contributed by atoms with Crippen LogP contribution in [-0.4, -0.2) is 45.6 Å². The van der Waals surface area contributed by atoms with Crippen molar-refractivity contribution in [2.75, 3.05) is 19.7 Å². The molecule has 1 aromatic heterocycles. The highest BCUT2D eigenvalue weighted by atomic mass is 16.3. The van der Waals surface area contributed by atoms with Gasteiger partial charge < -0.3 is 15.0 Å². The molecule has 23 heavy (non-hydrogen) atoms. The van der Waals surface area contributed by atoms with Crippen LogP contribution in [0.25, 0.3) is 11.4 Å². The number of hydrogen-bond acceptors (Lipinski definition) is 4. The summed E-state index contributed by atoms with van der Waals surface area (Å²) in [6.07, 6.45) is 3.08. The average Bonchev–Trinajstić information content (AvgIpc) is 2.62. The van der Waals surface area contributed by atoms with Crippen LogP contribution in [0.4, 0.5) is 0 Å². The lowest BCUT2D eigenvalue weighted by Crippen LogP contribution is -2.42. The van der Waals surface area contributed by atoms with Gasteiger partial charge in [-0.05, 0) is 18.8 Å². The third-order valence-electron chi connectivity index (χ3n) is 4.14. The van der Waals surface area contributed by atoms with Crippen LogP contribution in [0.3, 0.4) is 0 Å². The molecule has 2 N–H and O–H groups in total. The minimum atomic E-state index is -0.435. The third-order valence-corrected chi connectivity index (χ3v) is 4.14. The molecule has 1 aliphatic heterocycles. The van der Waals surface area contributed by atoms with E-state index in [4.69, 9.17) is 0 Å². The molecule has 1 aromatic carbocycles. The maximum absolute atomic E-state index is 12.5. The Balaban J connectivity index is 1.83. The van der Waals surface area contributed by atoms with Crippen LogP contribution in [0.5, 0.6) is 0 Å². The zero-order valence-corrected chi connectivity index (χ0v) is 12.7. The summed E-state index contributed by atoms with van der Waals surface area (Å²) in [6.45, 7) is 1.15. The number of nitrogens with one attached hydrogen (secondary N) is 1. The van der Waals surface area contributed by atoms with Gasteiger partial charge in [-0.2, -0.15) is 0 Å². The van der Waals surface area contributed by atoms with Crippen molar-refractivity contribution in [2.24, 2.45) is 5.92 Å². The first-order valence-electron chi connectivity index (χ1n) is 7.74. The fraction of sp³-hybridized carbons (Fsp3) is 0.353. The Morgan fingerprint density at radius 1 is 1.35 bits per heavy atom. The fourth-order valence-electron chi connectivity index (χ4n) is 2.86. The standard InChI is InChI=1S/C17H19N3O3/c21-11-12-5-4-8-20(10-12)17(23)14-9-18-15(19-16(14)22)13-6-2-1-3-7-13/h1-3,6-7,9,12,21H,4-5,8,10-11H2,(H,18,19,22). The summed E-state index contributed by atoms with van der Waals surface area (Å²) in [5.41, 5.74) is 0.403. The third kappa shape index (κ3) is 3.32. The van der Waals surface area contributed by atoms with E-state index in [2.05, 4.69) is 9.97 Å². The number of amides is 1. The second-order valence-electron chi connectivity index (χ2n) is 5.78. The molecule has 1 fully saturated rings. The van der Waals surface area contributed by atoms with Gasteiger partial charge in [0.05, 0.1) is 0 Å². The number of carbonyl (C=O) groups excluding carboxylic acids is 1. The lowest BCUT2D eigenvalue weighted by Gasteiger charge is -2.31. The van der Waals surface area contributed by atoms with Gasteiger partial charge in [-0.3, -0.25) is 9.59 Å². The molecule has 0 saturated carbocycles. The van der Waals surface area contributed by atoms with Gasteiger partial charge in [0.25, 0.3) is 11.5 Å². The molecule has 3 rings (SSSR count). The monoisotopic (exact) mass is 313 g/mol. The topological polar surface area (TPSA) is 86.3 Å². The first-order chi connectivity index (χ1) is 11.2.